The van der Waals surface area contributed by atoms with E-state index in [2.05, 4.69) is 32.4 Å². The van der Waals surface area contributed by atoms with Gasteiger partial charge in [0.15, 0.2) is 5.96 Å². The van der Waals surface area contributed by atoms with Crippen LogP contribution in [0.1, 0.15) is 42.0 Å². The van der Waals surface area contributed by atoms with Crippen molar-refractivity contribution in [2.45, 2.75) is 51.1 Å². The van der Waals surface area contributed by atoms with Crippen molar-refractivity contribution in [3.05, 3.63) is 16.1 Å². The van der Waals surface area contributed by atoms with E-state index in [1.807, 2.05) is 13.2 Å². The molecule has 1 aromatic rings. The van der Waals surface area contributed by atoms with Crippen molar-refractivity contribution in [3.63, 3.8) is 0 Å². The SMILES string of the molecule is CN=C(NCc1ncc(C)s1)NCC1(N2CCOCC2)CCCCC1. The Balaban J connectivity index is 1.57. The fourth-order valence-corrected chi connectivity index (χ4v) is 4.69. The van der Waals surface area contributed by atoms with Crippen LogP contribution in [-0.2, 0) is 11.3 Å². The van der Waals surface area contributed by atoms with Crippen LogP contribution in [0, 0.1) is 6.92 Å². The number of morpholine rings is 1. The summed E-state index contributed by atoms with van der Waals surface area (Å²) >= 11 is 1.73. The number of hydrogen-bond acceptors (Lipinski definition) is 5. The van der Waals surface area contributed by atoms with Gasteiger partial charge in [-0.15, -0.1) is 11.3 Å². The second kappa shape index (κ2) is 8.96. The highest BCUT2D eigenvalue weighted by Gasteiger charge is 2.38. The maximum absolute atomic E-state index is 5.57. The molecule has 1 aliphatic heterocycles. The van der Waals surface area contributed by atoms with Gasteiger partial charge in [0.1, 0.15) is 5.01 Å². The van der Waals surface area contributed by atoms with E-state index < -0.39 is 0 Å². The number of guanidine groups is 1. The normalized spacial score (nSPS) is 21.9. The van der Waals surface area contributed by atoms with Crippen molar-refractivity contribution in [1.82, 2.24) is 20.5 Å². The summed E-state index contributed by atoms with van der Waals surface area (Å²) in [5.41, 5.74) is 0.247. The molecule has 1 saturated heterocycles. The quantitative estimate of drug-likeness (QED) is 0.618. The number of thiazole rings is 1. The summed E-state index contributed by atoms with van der Waals surface area (Å²) in [6.07, 6.45) is 8.47. The molecule has 2 fully saturated rings. The number of aryl methyl sites for hydroxylation is 1. The molecule has 25 heavy (non-hydrogen) atoms. The number of nitrogens with one attached hydrogen (secondary N) is 2. The first-order valence-electron chi connectivity index (χ1n) is 9.40. The van der Waals surface area contributed by atoms with Gasteiger partial charge < -0.3 is 15.4 Å². The Morgan fingerprint density at radius 1 is 1.28 bits per heavy atom. The van der Waals surface area contributed by atoms with Crippen LogP contribution in [0.25, 0.3) is 0 Å². The first-order chi connectivity index (χ1) is 12.2. The summed E-state index contributed by atoms with van der Waals surface area (Å²) in [5, 5.41) is 8.09. The molecular formula is C18H31N5OS. The summed E-state index contributed by atoms with van der Waals surface area (Å²) in [4.78, 5) is 12.7. The lowest BCUT2D eigenvalue weighted by atomic mass is 9.80. The van der Waals surface area contributed by atoms with Crippen molar-refractivity contribution in [2.24, 2.45) is 4.99 Å². The summed E-state index contributed by atoms with van der Waals surface area (Å²) in [6.45, 7) is 7.57. The van der Waals surface area contributed by atoms with Gasteiger partial charge in [0.25, 0.3) is 0 Å². The molecule has 0 amide bonds. The highest BCUT2D eigenvalue weighted by Crippen LogP contribution is 2.33. The van der Waals surface area contributed by atoms with E-state index in [-0.39, 0.29) is 5.54 Å². The predicted octanol–water partition coefficient (Wildman–Crippen LogP) is 2.15. The zero-order valence-electron chi connectivity index (χ0n) is 15.5. The molecule has 0 radical (unpaired) electrons. The van der Waals surface area contributed by atoms with Crippen molar-refractivity contribution in [1.29, 1.82) is 0 Å². The highest BCUT2D eigenvalue weighted by atomic mass is 32.1. The van der Waals surface area contributed by atoms with Crippen molar-refractivity contribution >= 4 is 17.3 Å². The minimum atomic E-state index is 0.247. The van der Waals surface area contributed by atoms with Crippen LogP contribution in [0.15, 0.2) is 11.2 Å². The molecule has 0 spiro atoms. The van der Waals surface area contributed by atoms with E-state index >= 15 is 0 Å². The number of ether oxygens (including phenoxy) is 1. The monoisotopic (exact) mass is 365 g/mol. The van der Waals surface area contributed by atoms with Crippen molar-refractivity contribution in [2.75, 3.05) is 39.9 Å². The molecule has 2 N–H and O–H groups in total. The standard InChI is InChI=1S/C18H31N5OS/c1-15-12-20-16(25-15)13-21-17(19-2)22-14-18(6-4-3-5-7-18)23-8-10-24-11-9-23/h12H,3-11,13-14H2,1-2H3,(H2,19,21,22). The molecule has 1 saturated carbocycles. The van der Waals surface area contributed by atoms with Crippen LogP contribution in [0.2, 0.25) is 0 Å². The third kappa shape index (κ3) is 4.92. The van der Waals surface area contributed by atoms with Crippen LogP contribution in [0.3, 0.4) is 0 Å². The molecule has 1 aromatic heterocycles. The second-order valence-corrected chi connectivity index (χ2v) is 8.35. The van der Waals surface area contributed by atoms with Gasteiger partial charge in [0.2, 0.25) is 0 Å². The van der Waals surface area contributed by atoms with E-state index in [0.717, 1.165) is 50.4 Å². The largest absolute Gasteiger partial charge is 0.379 e. The van der Waals surface area contributed by atoms with Crippen LogP contribution in [0.4, 0.5) is 0 Å². The molecule has 7 heteroatoms. The predicted molar refractivity (Wildman–Crippen MR) is 103 cm³/mol. The van der Waals surface area contributed by atoms with Crippen LogP contribution in [0.5, 0.6) is 0 Å². The van der Waals surface area contributed by atoms with Crippen molar-refractivity contribution in [3.8, 4) is 0 Å². The average molecular weight is 366 g/mol. The fraction of sp³-hybridized carbons (Fsp3) is 0.778. The first kappa shape index (κ1) is 18.6. The first-order valence-corrected chi connectivity index (χ1v) is 10.2. The zero-order valence-corrected chi connectivity index (χ0v) is 16.3. The second-order valence-electron chi connectivity index (χ2n) is 7.03. The third-order valence-electron chi connectivity index (χ3n) is 5.35. The number of nitrogens with zero attached hydrogens (tertiary/aromatic N) is 3. The Kier molecular flexibility index (Phi) is 6.67. The lowest BCUT2D eigenvalue weighted by Gasteiger charge is -2.48. The molecule has 1 aliphatic carbocycles. The number of hydrogen-bond donors (Lipinski definition) is 2. The van der Waals surface area contributed by atoms with E-state index in [0.29, 0.717) is 0 Å². The molecule has 0 bridgehead atoms. The Labute approximate surface area is 155 Å². The average Bonchev–Trinajstić information content (AvgIpc) is 3.08. The molecule has 3 rings (SSSR count). The van der Waals surface area contributed by atoms with Gasteiger partial charge in [-0.3, -0.25) is 9.89 Å². The molecule has 0 aromatic carbocycles. The Morgan fingerprint density at radius 2 is 2.04 bits per heavy atom. The summed E-state index contributed by atoms with van der Waals surface area (Å²) in [7, 11) is 1.84. The number of rotatable bonds is 5. The maximum atomic E-state index is 5.57. The zero-order chi connectivity index (χ0) is 17.5. The fourth-order valence-electron chi connectivity index (χ4n) is 3.96. The Hall–Kier alpha value is -1.18. The maximum Gasteiger partial charge on any atom is 0.191 e. The van der Waals surface area contributed by atoms with E-state index in [1.54, 1.807) is 11.3 Å². The summed E-state index contributed by atoms with van der Waals surface area (Å²) < 4.78 is 5.57. The van der Waals surface area contributed by atoms with Crippen LogP contribution in [-0.4, -0.2) is 61.3 Å². The minimum absolute atomic E-state index is 0.247. The number of aliphatic imine (C=N–C) groups is 1. The minimum Gasteiger partial charge on any atom is -0.379 e. The van der Waals surface area contributed by atoms with Gasteiger partial charge in [-0.2, -0.15) is 0 Å². The molecular weight excluding hydrogens is 334 g/mol. The third-order valence-corrected chi connectivity index (χ3v) is 6.26. The topological polar surface area (TPSA) is 61.8 Å². The highest BCUT2D eigenvalue weighted by molar-refractivity contribution is 7.11. The molecule has 2 heterocycles. The van der Waals surface area contributed by atoms with E-state index in [9.17, 15) is 0 Å². The van der Waals surface area contributed by atoms with Gasteiger partial charge >= 0.3 is 0 Å². The molecule has 2 aliphatic rings. The van der Waals surface area contributed by atoms with Crippen LogP contribution < -0.4 is 10.6 Å². The van der Waals surface area contributed by atoms with Crippen LogP contribution >= 0.6 is 11.3 Å². The molecule has 140 valence electrons. The molecule has 0 unspecified atom stereocenters. The Bertz CT molecular complexity index is 562. The molecule has 6 nitrogen and oxygen atoms in total. The number of aromatic nitrogens is 1. The van der Waals surface area contributed by atoms with Gasteiger partial charge in [-0.1, -0.05) is 19.3 Å². The van der Waals surface area contributed by atoms with Crippen molar-refractivity contribution < 1.29 is 4.74 Å². The molecule has 0 atom stereocenters. The van der Waals surface area contributed by atoms with Gasteiger partial charge in [-0.05, 0) is 19.8 Å². The van der Waals surface area contributed by atoms with Gasteiger partial charge in [0, 0.05) is 43.3 Å². The summed E-state index contributed by atoms with van der Waals surface area (Å²) in [6, 6.07) is 0. The summed E-state index contributed by atoms with van der Waals surface area (Å²) in [5.74, 6) is 0.867. The van der Waals surface area contributed by atoms with Gasteiger partial charge in [0.05, 0.1) is 19.8 Å². The smallest absolute Gasteiger partial charge is 0.191 e. The Morgan fingerprint density at radius 3 is 2.68 bits per heavy atom. The van der Waals surface area contributed by atoms with Gasteiger partial charge in [-0.25, -0.2) is 4.98 Å². The van der Waals surface area contributed by atoms with E-state index in [1.165, 1.54) is 37.0 Å². The lowest BCUT2D eigenvalue weighted by molar-refractivity contribution is -0.0352. The van der Waals surface area contributed by atoms with E-state index in [4.69, 9.17) is 4.74 Å². The lowest BCUT2D eigenvalue weighted by Crippen LogP contribution is -2.60.